The van der Waals surface area contributed by atoms with E-state index in [0.29, 0.717) is 12.5 Å². The Hall–Kier alpha value is -2.33. The summed E-state index contributed by atoms with van der Waals surface area (Å²) >= 11 is 0. The van der Waals surface area contributed by atoms with Crippen molar-refractivity contribution < 1.29 is 4.79 Å². The van der Waals surface area contributed by atoms with Gasteiger partial charge < -0.3 is 15.5 Å². The molecule has 1 saturated carbocycles. The van der Waals surface area contributed by atoms with Crippen LogP contribution in [0.15, 0.2) is 48.5 Å². The molecule has 1 saturated heterocycles. The standard InChI is InChI=1S/C30H43N3O/c1-24-13-16-27(17-14-24)31-28-19-22-33(23-20-28)21-7-11-26-10-5-6-12-29(26)32-30(34)18-15-25-8-3-2-4-9-25/h5-6,10,12-14,16-17,25,28,31H,2-4,7-9,11,15,18-23H2,1H3,(H,32,34). The quantitative estimate of drug-likeness (QED) is 0.409. The van der Waals surface area contributed by atoms with Crippen LogP contribution in [0.25, 0.3) is 0 Å². The number of amides is 1. The molecule has 0 radical (unpaired) electrons. The molecule has 0 spiro atoms. The lowest BCUT2D eigenvalue weighted by molar-refractivity contribution is -0.116. The molecule has 1 aliphatic heterocycles. The number of carbonyl (C=O) groups is 1. The Bertz CT molecular complexity index is 880. The SMILES string of the molecule is Cc1ccc(NC2CCN(CCCc3ccccc3NC(=O)CCC3CCCCC3)CC2)cc1. The summed E-state index contributed by atoms with van der Waals surface area (Å²) in [5.74, 6) is 0.937. The summed E-state index contributed by atoms with van der Waals surface area (Å²) in [5.41, 5.74) is 4.82. The lowest BCUT2D eigenvalue weighted by Gasteiger charge is -2.33. The molecule has 2 aromatic rings. The maximum Gasteiger partial charge on any atom is 0.224 e. The van der Waals surface area contributed by atoms with Crippen molar-refractivity contribution >= 4 is 17.3 Å². The van der Waals surface area contributed by atoms with E-state index in [1.807, 2.05) is 6.07 Å². The van der Waals surface area contributed by atoms with Crippen molar-refractivity contribution in [3.05, 3.63) is 59.7 Å². The fourth-order valence-electron chi connectivity index (χ4n) is 5.56. The number of carbonyl (C=O) groups excluding carboxylic acids is 1. The molecule has 4 rings (SSSR count). The second-order valence-corrected chi connectivity index (χ2v) is 10.5. The monoisotopic (exact) mass is 461 g/mol. The van der Waals surface area contributed by atoms with Gasteiger partial charge in [-0.15, -0.1) is 0 Å². The third-order valence-electron chi connectivity index (χ3n) is 7.73. The first-order valence-electron chi connectivity index (χ1n) is 13.6. The van der Waals surface area contributed by atoms with Crippen molar-refractivity contribution in [2.24, 2.45) is 5.92 Å². The molecular formula is C30H43N3O. The van der Waals surface area contributed by atoms with E-state index in [0.717, 1.165) is 50.5 Å². The summed E-state index contributed by atoms with van der Waals surface area (Å²) in [7, 11) is 0. The summed E-state index contributed by atoms with van der Waals surface area (Å²) in [5, 5.41) is 6.91. The normalized spacial score (nSPS) is 18.0. The average Bonchev–Trinajstić information content (AvgIpc) is 2.87. The van der Waals surface area contributed by atoms with E-state index in [9.17, 15) is 4.79 Å². The van der Waals surface area contributed by atoms with Gasteiger partial charge in [0, 0.05) is 36.9 Å². The van der Waals surface area contributed by atoms with Gasteiger partial charge in [-0.2, -0.15) is 0 Å². The maximum absolute atomic E-state index is 12.6. The topological polar surface area (TPSA) is 44.4 Å². The molecule has 0 bridgehead atoms. The first-order chi connectivity index (χ1) is 16.7. The Morgan fingerprint density at radius 3 is 2.44 bits per heavy atom. The van der Waals surface area contributed by atoms with Crippen LogP contribution in [0.4, 0.5) is 11.4 Å². The lowest BCUT2D eigenvalue weighted by atomic mass is 9.86. The fraction of sp³-hybridized carbons (Fsp3) is 0.567. The van der Waals surface area contributed by atoms with Crippen molar-refractivity contribution in [2.75, 3.05) is 30.3 Å². The van der Waals surface area contributed by atoms with Gasteiger partial charge in [0.2, 0.25) is 5.91 Å². The zero-order chi connectivity index (χ0) is 23.6. The van der Waals surface area contributed by atoms with Gasteiger partial charge in [0.1, 0.15) is 0 Å². The van der Waals surface area contributed by atoms with Crippen LogP contribution in [0.5, 0.6) is 0 Å². The Morgan fingerprint density at radius 1 is 0.941 bits per heavy atom. The van der Waals surface area contributed by atoms with Crippen molar-refractivity contribution in [2.45, 2.75) is 83.6 Å². The number of likely N-dealkylation sites (tertiary alicyclic amines) is 1. The van der Waals surface area contributed by atoms with Crippen LogP contribution in [-0.2, 0) is 11.2 Å². The number of piperidine rings is 1. The van der Waals surface area contributed by atoms with Gasteiger partial charge in [0.25, 0.3) is 0 Å². The minimum absolute atomic E-state index is 0.182. The zero-order valence-corrected chi connectivity index (χ0v) is 21.0. The first kappa shape index (κ1) is 24.8. The molecule has 2 N–H and O–H groups in total. The van der Waals surface area contributed by atoms with E-state index >= 15 is 0 Å². The Kier molecular flexibility index (Phi) is 9.44. The van der Waals surface area contributed by atoms with E-state index in [-0.39, 0.29) is 5.91 Å². The highest BCUT2D eigenvalue weighted by Crippen LogP contribution is 2.27. The number of hydrogen-bond donors (Lipinski definition) is 2. The lowest BCUT2D eigenvalue weighted by Crippen LogP contribution is -2.39. The van der Waals surface area contributed by atoms with E-state index < -0.39 is 0 Å². The molecule has 2 fully saturated rings. The summed E-state index contributed by atoms with van der Waals surface area (Å²) in [6.45, 7) is 5.57. The average molecular weight is 462 g/mol. The predicted molar refractivity (Wildman–Crippen MR) is 143 cm³/mol. The molecule has 184 valence electrons. The number of nitrogens with one attached hydrogen (secondary N) is 2. The fourth-order valence-corrected chi connectivity index (χ4v) is 5.56. The zero-order valence-electron chi connectivity index (χ0n) is 21.0. The Balaban J connectivity index is 1.16. The van der Waals surface area contributed by atoms with Crippen molar-refractivity contribution in [1.82, 2.24) is 4.90 Å². The van der Waals surface area contributed by atoms with E-state index in [4.69, 9.17) is 0 Å². The molecule has 0 aromatic heterocycles. The van der Waals surface area contributed by atoms with Gasteiger partial charge in [0.15, 0.2) is 0 Å². The number of anilines is 2. The van der Waals surface area contributed by atoms with E-state index in [1.54, 1.807) is 0 Å². The molecule has 1 aliphatic carbocycles. The smallest absolute Gasteiger partial charge is 0.224 e. The Morgan fingerprint density at radius 2 is 1.68 bits per heavy atom. The molecule has 2 aromatic carbocycles. The van der Waals surface area contributed by atoms with Crippen LogP contribution in [-0.4, -0.2) is 36.5 Å². The molecule has 0 atom stereocenters. The van der Waals surface area contributed by atoms with Crippen LogP contribution in [0.2, 0.25) is 0 Å². The second-order valence-electron chi connectivity index (χ2n) is 10.5. The van der Waals surface area contributed by atoms with Gasteiger partial charge in [0.05, 0.1) is 0 Å². The van der Waals surface area contributed by atoms with Gasteiger partial charge in [-0.1, -0.05) is 68.0 Å². The third kappa shape index (κ3) is 7.87. The first-order valence-corrected chi connectivity index (χ1v) is 13.6. The van der Waals surface area contributed by atoms with Crippen LogP contribution in [0.3, 0.4) is 0 Å². The Labute approximate surface area is 206 Å². The summed E-state index contributed by atoms with van der Waals surface area (Å²) in [4.78, 5) is 15.2. The largest absolute Gasteiger partial charge is 0.382 e. The minimum atomic E-state index is 0.182. The molecule has 34 heavy (non-hydrogen) atoms. The molecule has 4 nitrogen and oxygen atoms in total. The van der Waals surface area contributed by atoms with Crippen LogP contribution in [0, 0.1) is 12.8 Å². The minimum Gasteiger partial charge on any atom is -0.382 e. The van der Waals surface area contributed by atoms with E-state index in [1.165, 1.54) is 61.8 Å². The number of aryl methyl sites for hydroxylation is 2. The highest BCUT2D eigenvalue weighted by atomic mass is 16.1. The van der Waals surface area contributed by atoms with Crippen LogP contribution < -0.4 is 10.6 Å². The molecular weight excluding hydrogens is 418 g/mol. The van der Waals surface area contributed by atoms with Crippen LogP contribution in [0.1, 0.15) is 75.3 Å². The number of nitrogens with zero attached hydrogens (tertiary/aromatic N) is 1. The second kappa shape index (κ2) is 12.9. The summed E-state index contributed by atoms with van der Waals surface area (Å²) in [6.07, 6.45) is 12.9. The molecule has 4 heteroatoms. The van der Waals surface area contributed by atoms with Gasteiger partial charge in [-0.25, -0.2) is 0 Å². The number of benzene rings is 2. The number of para-hydroxylation sites is 1. The highest BCUT2D eigenvalue weighted by Gasteiger charge is 2.19. The molecule has 1 heterocycles. The highest BCUT2D eigenvalue weighted by molar-refractivity contribution is 5.91. The van der Waals surface area contributed by atoms with Gasteiger partial charge in [-0.3, -0.25) is 4.79 Å². The van der Waals surface area contributed by atoms with E-state index in [2.05, 4.69) is 64.9 Å². The maximum atomic E-state index is 12.6. The van der Waals surface area contributed by atoms with Gasteiger partial charge >= 0.3 is 0 Å². The third-order valence-corrected chi connectivity index (χ3v) is 7.73. The predicted octanol–water partition coefficient (Wildman–Crippen LogP) is 6.80. The van der Waals surface area contributed by atoms with Crippen LogP contribution >= 0.6 is 0 Å². The number of rotatable bonds is 10. The van der Waals surface area contributed by atoms with Crippen molar-refractivity contribution in [3.8, 4) is 0 Å². The van der Waals surface area contributed by atoms with Gasteiger partial charge in [-0.05, 0) is 75.3 Å². The van der Waals surface area contributed by atoms with Crippen molar-refractivity contribution in [1.29, 1.82) is 0 Å². The molecule has 2 aliphatic rings. The summed E-state index contributed by atoms with van der Waals surface area (Å²) < 4.78 is 0. The summed E-state index contributed by atoms with van der Waals surface area (Å²) in [6, 6.07) is 17.7. The molecule has 1 amide bonds. The van der Waals surface area contributed by atoms with Crippen molar-refractivity contribution in [3.63, 3.8) is 0 Å². The molecule has 0 unspecified atom stereocenters. The number of hydrogen-bond acceptors (Lipinski definition) is 3.